The fourth-order valence-electron chi connectivity index (χ4n) is 2.47. The number of halogens is 1. The number of benzene rings is 2. The molecule has 0 saturated carbocycles. The topological polar surface area (TPSA) is 44.0 Å². The third kappa shape index (κ3) is 3.27. The first-order valence-electron chi connectivity index (χ1n) is 7.18. The van der Waals surface area contributed by atoms with Crippen LogP contribution in [0.4, 0.5) is 0 Å². The fourth-order valence-corrected chi connectivity index (χ4v) is 2.65. The summed E-state index contributed by atoms with van der Waals surface area (Å²) in [4.78, 5) is 24.7. The normalized spacial score (nSPS) is 10.7. The van der Waals surface area contributed by atoms with Gasteiger partial charge in [-0.15, -0.1) is 0 Å². The van der Waals surface area contributed by atoms with Crippen molar-refractivity contribution in [1.82, 2.24) is 9.13 Å². The molecule has 1 heterocycles. The maximum absolute atomic E-state index is 12.3. The molecule has 0 saturated heterocycles. The maximum Gasteiger partial charge on any atom is 0.320 e. The van der Waals surface area contributed by atoms with Crippen molar-refractivity contribution >= 4 is 11.6 Å². The van der Waals surface area contributed by atoms with Gasteiger partial charge in [-0.2, -0.15) is 0 Å². The van der Waals surface area contributed by atoms with Gasteiger partial charge in [-0.1, -0.05) is 47.5 Å². The molecule has 3 rings (SSSR count). The van der Waals surface area contributed by atoms with Crippen molar-refractivity contribution in [2.45, 2.75) is 13.5 Å². The van der Waals surface area contributed by atoms with E-state index in [-0.39, 0.29) is 0 Å². The van der Waals surface area contributed by atoms with Crippen molar-refractivity contribution in [3.63, 3.8) is 0 Å². The first-order chi connectivity index (χ1) is 11.0. The second kappa shape index (κ2) is 6.26. The molecule has 0 fully saturated rings. The SMILES string of the molecule is Cc1cccc(Cn2ccn(-c3cccc(Cl)c3)c(=O)c2=O)c1. The first-order valence-corrected chi connectivity index (χ1v) is 7.56. The summed E-state index contributed by atoms with van der Waals surface area (Å²) in [6.07, 6.45) is 3.21. The van der Waals surface area contributed by atoms with E-state index in [4.69, 9.17) is 11.6 Å². The fraction of sp³-hybridized carbons (Fsp3) is 0.111. The summed E-state index contributed by atoms with van der Waals surface area (Å²) in [7, 11) is 0. The van der Waals surface area contributed by atoms with E-state index >= 15 is 0 Å². The van der Waals surface area contributed by atoms with Crippen LogP contribution in [-0.2, 0) is 6.54 Å². The van der Waals surface area contributed by atoms with Crippen LogP contribution in [0.15, 0.2) is 70.5 Å². The van der Waals surface area contributed by atoms with Crippen LogP contribution in [-0.4, -0.2) is 9.13 Å². The monoisotopic (exact) mass is 326 g/mol. The third-order valence-corrected chi connectivity index (χ3v) is 3.82. The van der Waals surface area contributed by atoms with Gasteiger partial charge in [-0.25, -0.2) is 0 Å². The Hall–Kier alpha value is -2.59. The predicted molar refractivity (Wildman–Crippen MR) is 91.6 cm³/mol. The molecule has 0 aliphatic heterocycles. The maximum atomic E-state index is 12.3. The average Bonchev–Trinajstić information content (AvgIpc) is 2.52. The van der Waals surface area contributed by atoms with Gasteiger partial charge in [-0.3, -0.25) is 14.2 Å². The first kappa shape index (κ1) is 15.3. The van der Waals surface area contributed by atoms with Gasteiger partial charge in [0.1, 0.15) is 0 Å². The summed E-state index contributed by atoms with van der Waals surface area (Å²) in [5.41, 5.74) is 1.51. The minimum absolute atomic E-state index is 0.367. The molecule has 2 aromatic carbocycles. The van der Waals surface area contributed by atoms with Crippen molar-refractivity contribution in [2.75, 3.05) is 0 Å². The smallest absolute Gasteiger partial charge is 0.305 e. The Balaban J connectivity index is 2.01. The van der Waals surface area contributed by atoms with E-state index in [0.29, 0.717) is 17.3 Å². The Kier molecular flexibility index (Phi) is 4.17. The van der Waals surface area contributed by atoms with Gasteiger partial charge in [0.25, 0.3) is 0 Å². The molecule has 5 heteroatoms. The van der Waals surface area contributed by atoms with E-state index in [2.05, 4.69) is 0 Å². The zero-order valence-corrected chi connectivity index (χ0v) is 13.3. The second-order valence-corrected chi connectivity index (χ2v) is 5.81. The highest BCUT2D eigenvalue weighted by Gasteiger charge is 2.07. The van der Waals surface area contributed by atoms with Crippen LogP contribution < -0.4 is 11.1 Å². The summed E-state index contributed by atoms with van der Waals surface area (Å²) in [6.45, 7) is 2.36. The molecular weight excluding hydrogens is 312 g/mol. The molecule has 0 aliphatic rings. The van der Waals surface area contributed by atoms with Crippen molar-refractivity contribution in [1.29, 1.82) is 0 Å². The molecule has 0 N–H and O–H groups in total. The van der Waals surface area contributed by atoms with E-state index in [1.165, 1.54) is 9.13 Å². The number of hydrogen-bond donors (Lipinski definition) is 0. The summed E-state index contributed by atoms with van der Waals surface area (Å²) in [6, 6.07) is 14.7. The minimum atomic E-state index is -0.595. The van der Waals surface area contributed by atoms with E-state index in [1.54, 1.807) is 36.7 Å². The lowest BCUT2D eigenvalue weighted by atomic mass is 10.1. The van der Waals surface area contributed by atoms with Crippen LogP contribution >= 0.6 is 11.6 Å². The van der Waals surface area contributed by atoms with E-state index in [1.807, 2.05) is 31.2 Å². The molecule has 0 unspecified atom stereocenters. The standard InChI is InChI=1S/C18H15ClN2O2/c1-13-4-2-5-14(10-13)12-20-8-9-21(18(23)17(20)22)16-7-3-6-15(19)11-16/h2-11H,12H2,1H3. The van der Waals surface area contributed by atoms with Crippen LogP contribution in [0.1, 0.15) is 11.1 Å². The van der Waals surface area contributed by atoms with E-state index in [9.17, 15) is 9.59 Å². The van der Waals surface area contributed by atoms with Crippen LogP contribution in [0.5, 0.6) is 0 Å². The second-order valence-electron chi connectivity index (χ2n) is 5.38. The third-order valence-electron chi connectivity index (χ3n) is 3.58. The van der Waals surface area contributed by atoms with Gasteiger partial charge in [0.2, 0.25) is 0 Å². The highest BCUT2D eigenvalue weighted by atomic mass is 35.5. The number of hydrogen-bond acceptors (Lipinski definition) is 2. The van der Waals surface area contributed by atoms with Crippen LogP contribution in [0.25, 0.3) is 5.69 Å². The molecule has 116 valence electrons. The van der Waals surface area contributed by atoms with Gasteiger partial charge in [-0.05, 0) is 30.7 Å². The molecule has 0 atom stereocenters. The summed E-state index contributed by atoms with van der Waals surface area (Å²) >= 11 is 5.94. The molecule has 0 bridgehead atoms. The molecule has 3 aromatic rings. The number of aromatic nitrogens is 2. The lowest BCUT2D eigenvalue weighted by Crippen LogP contribution is -2.40. The van der Waals surface area contributed by atoms with E-state index in [0.717, 1.165) is 11.1 Å². The van der Waals surface area contributed by atoms with Gasteiger partial charge in [0.05, 0.1) is 12.2 Å². The van der Waals surface area contributed by atoms with E-state index < -0.39 is 11.1 Å². The molecule has 1 aromatic heterocycles. The van der Waals surface area contributed by atoms with Crippen LogP contribution in [0, 0.1) is 6.92 Å². The number of rotatable bonds is 3. The van der Waals surface area contributed by atoms with Crippen LogP contribution in [0.3, 0.4) is 0 Å². The highest BCUT2D eigenvalue weighted by molar-refractivity contribution is 6.30. The minimum Gasteiger partial charge on any atom is -0.305 e. The van der Waals surface area contributed by atoms with Crippen molar-refractivity contribution in [3.05, 3.63) is 97.8 Å². The quantitative estimate of drug-likeness (QED) is 0.694. The van der Waals surface area contributed by atoms with Gasteiger partial charge in [0.15, 0.2) is 0 Å². The van der Waals surface area contributed by atoms with Gasteiger partial charge in [0, 0.05) is 17.4 Å². The Bertz CT molecular complexity index is 973. The molecule has 0 spiro atoms. The Morgan fingerprint density at radius 2 is 1.74 bits per heavy atom. The lowest BCUT2D eigenvalue weighted by molar-refractivity contribution is 0.718. The Morgan fingerprint density at radius 3 is 2.48 bits per heavy atom. The number of nitrogens with zero attached hydrogens (tertiary/aromatic N) is 2. The number of aryl methyl sites for hydroxylation is 1. The average molecular weight is 327 g/mol. The molecule has 4 nitrogen and oxygen atoms in total. The Morgan fingerprint density at radius 1 is 0.957 bits per heavy atom. The summed E-state index contributed by atoms with van der Waals surface area (Å²) in [5.74, 6) is 0. The van der Waals surface area contributed by atoms with Crippen molar-refractivity contribution in [3.8, 4) is 5.69 Å². The van der Waals surface area contributed by atoms with Gasteiger partial charge < -0.3 is 4.57 Å². The largest absolute Gasteiger partial charge is 0.320 e. The molecular formula is C18H15ClN2O2. The predicted octanol–water partition coefficient (Wildman–Crippen LogP) is 3.01. The zero-order valence-electron chi connectivity index (χ0n) is 12.6. The van der Waals surface area contributed by atoms with Crippen molar-refractivity contribution in [2.24, 2.45) is 0 Å². The molecule has 0 radical (unpaired) electrons. The Labute approximate surface area is 138 Å². The molecule has 23 heavy (non-hydrogen) atoms. The molecule has 0 aliphatic carbocycles. The summed E-state index contributed by atoms with van der Waals surface area (Å²) in [5, 5.41) is 0.512. The lowest BCUT2D eigenvalue weighted by Gasteiger charge is -2.10. The highest BCUT2D eigenvalue weighted by Crippen LogP contribution is 2.12. The zero-order chi connectivity index (χ0) is 16.4. The van der Waals surface area contributed by atoms with Crippen molar-refractivity contribution < 1.29 is 0 Å². The van der Waals surface area contributed by atoms with Gasteiger partial charge >= 0.3 is 11.1 Å². The molecule has 0 amide bonds. The summed E-state index contributed by atoms with van der Waals surface area (Å²) < 4.78 is 2.72. The van der Waals surface area contributed by atoms with Crippen LogP contribution in [0.2, 0.25) is 5.02 Å².